The molecule has 0 unspecified atom stereocenters. The summed E-state index contributed by atoms with van der Waals surface area (Å²) >= 11 is 1.60. The number of nitrogens with one attached hydrogen (secondary N) is 1. The maximum Gasteiger partial charge on any atom is 0.322 e. The molecule has 0 saturated heterocycles. The van der Waals surface area contributed by atoms with Crippen molar-refractivity contribution in [3.63, 3.8) is 0 Å². The number of carbonyl (C=O) groups excluding carboxylic acids is 2. The fraction of sp³-hybridized carbons (Fsp3) is 0.400. The molecule has 1 aliphatic carbocycles. The molecule has 0 atom stereocenters. The van der Waals surface area contributed by atoms with Gasteiger partial charge < -0.3 is 24.6 Å². The summed E-state index contributed by atoms with van der Waals surface area (Å²) in [7, 11) is 3.11. The second kappa shape index (κ2) is 13.5. The van der Waals surface area contributed by atoms with E-state index in [-0.39, 0.29) is 30.3 Å². The molecule has 0 spiro atoms. The number of halogens is 1. The van der Waals surface area contributed by atoms with Crippen molar-refractivity contribution < 1.29 is 23.5 Å². The standard InChI is InChI=1S/C30H36FN3O4S/c1-21-13-14-39-28(21)19-33(18-22-9-11-23(31)12-10-22)29(35)20-34(25-7-5-4-6-8-25)30(36)32-24-15-26(37-2)17-27(16-24)38-3/h9-17,25H,4-8,18-20H2,1-3H3,(H,32,36). The van der Waals surface area contributed by atoms with Crippen molar-refractivity contribution in [3.8, 4) is 11.5 Å². The van der Waals surface area contributed by atoms with Crippen LogP contribution < -0.4 is 14.8 Å². The van der Waals surface area contributed by atoms with Crippen LogP contribution >= 0.6 is 11.3 Å². The van der Waals surface area contributed by atoms with Crippen LogP contribution in [0.2, 0.25) is 0 Å². The number of carbonyl (C=O) groups is 2. The Morgan fingerprint density at radius 2 is 1.64 bits per heavy atom. The quantitative estimate of drug-likeness (QED) is 0.307. The Bertz CT molecular complexity index is 1240. The highest BCUT2D eigenvalue weighted by molar-refractivity contribution is 7.10. The molecule has 7 nitrogen and oxygen atoms in total. The van der Waals surface area contributed by atoms with E-state index in [1.54, 1.807) is 65.7 Å². The van der Waals surface area contributed by atoms with Crippen LogP contribution in [0.25, 0.3) is 0 Å². The molecule has 1 fully saturated rings. The molecular formula is C30H36FN3O4S. The number of hydrogen-bond acceptors (Lipinski definition) is 5. The molecule has 1 N–H and O–H groups in total. The van der Waals surface area contributed by atoms with Gasteiger partial charge in [-0.15, -0.1) is 11.3 Å². The molecule has 0 bridgehead atoms. The SMILES string of the molecule is COc1cc(NC(=O)N(CC(=O)N(Cc2ccc(F)cc2)Cc2sccc2C)C2CCCCC2)cc(OC)c1. The zero-order chi connectivity index (χ0) is 27.8. The third-order valence-electron chi connectivity index (χ3n) is 7.13. The zero-order valence-electron chi connectivity index (χ0n) is 22.7. The highest BCUT2D eigenvalue weighted by Gasteiger charge is 2.30. The van der Waals surface area contributed by atoms with Gasteiger partial charge in [-0.25, -0.2) is 9.18 Å². The first-order chi connectivity index (χ1) is 18.9. The Hall–Kier alpha value is -3.59. The molecule has 3 aromatic rings. The van der Waals surface area contributed by atoms with Crippen LogP contribution in [0.3, 0.4) is 0 Å². The molecular weight excluding hydrogens is 517 g/mol. The number of nitrogens with zero attached hydrogens (tertiary/aromatic N) is 2. The van der Waals surface area contributed by atoms with E-state index < -0.39 is 0 Å². The molecule has 1 saturated carbocycles. The molecule has 1 heterocycles. The number of anilines is 1. The van der Waals surface area contributed by atoms with E-state index in [9.17, 15) is 14.0 Å². The largest absolute Gasteiger partial charge is 0.497 e. The lowest BCUT2D eigenvalue weighted by Gasteiger charge is -2.35. The van der Waals surface area contributed by atoms with E-state index in [0.29, 0.717) is 30.3 Å². The van der Waals surface area contributed by atoms with Crippen molar-refractivity contribution >= 4 is 29.0 Å². The van der Waals surface area contributed by atoms with E-state index in [1.807, 2.05) is 18.4 Å². The maximum absolute atomic E-state index is 13.9. The Balaban J connectivity index is 1.57. The summed E-state index contributed by atoms with van der Waals surface area (Å²) in [5, 5.41) is 4.97. The van der Waals surface area contributed by atoms with Crippen LogP contribution in [-0.2, 0) is 17.9 Å². The van der Waals surface area contributed by atoms with Crippen LogP contribution in [0.4, 0.5) is 14.9 Å². The van der Waals surface area contributed by atoms with Gasteiger partial charge in [0.2, 0.25) is 5.91 Å². The Morgan fingerprint density at radius 1 is 0.974 bits per heavy atom. The van der Waals surface area contributed by atoms with E-state index in [2.05, 4.69) is 5.32 Å². The van der Waals surface area contributed by atoms with Crippen LogP contribution in [0.15, 0.2) is 53.9 Å². The number of aryl methyl sites for hydroxylation is 1. The highest BCUT2D eigenvalue weighted by Crippen LogP contribution is 2.28. The first-order valence-corrected chi connectivity index (χ1v) is 14.1. The fourth-order valence-corrected chi connectivity index (χ4v) is 5.78. The van der Waals surface area contributed by atoms with E-state index in [0.717, 1.165) is 48.1 Å². The second-order valence-electron chi connectivity index (χ2n) is 9.85. The third-order valence-corrected chi connectivity index (χ3v) is 8.13. The molecule has 39 heavy (non-hydrogen) atoms. The Kier molecular flexibility index (Phi) is 9.81. The topological polar surface area (TPSA) is 71.1 Å². The summed E-state index contributed by atoms with van der Waals surface area (Å²) < 4.78 is 24.2. The number of methoxy groups -OCH3 is 2. The summed E-state index contributed by atoms with van der Waals surface area (Å²) in [5.41, 5.74) is 2.48. The fourth-order valence-electron chi connectivity index (χ4n) is 4.86. The molecule has 4 rings (SSSR count). The van der Waals surface area contributed by atoms with E-state index in [4.69, 9.17) is 9.47 Å². The minimum atomic E-state index is -0.334. The smallest absolute Gasteiger partial charge is 0.322 e. The van der Waals surface area contributed by atoms with Gasteiger partial charge >= 0.3 is 6.03 Å². The number of rotatable bonds is 10. The minimum absolute atomic E-state index is 0.0358. The first-order valence-electron chi connectivity index (χ1n) is 13.2. The summed E-state index contributed by atoms with van der Waals surface area (Å²) in [4.78, 5) is 32.0. The second-order valence-corrected chi connectivity index (χ2v) is 10.9. The van der Waals surface area contributed by atoms with Crippen molar-refractivity contribution in [1.29, 1.82) is 0 Å². The lowest BCUT2D eigenvalue weighted by atomic mass is 9.94. The maximum atomic E-state index is 13.9. The minimum Gasteiger partial charge on any atom is -0.497 e. The predicted molar refractivity (Wildman–Crippen MR) is 152 cm³/mol. The van der Waals surface area contributed by atoms with Crippen molar-refractivity contribution in [2.75, 3.05) is 26.1 Å². The van der Waals surface area contributed by atoms with Crippen molar-refractivity contribution in [3.05, 3.63) is 75.7 Å². The number of thiophene rings is 1. The van der Waals surface area contributed by atoms with Crippen molar-refractivity contribution in [2.45, 2.75) is 58.2 Å². The lowest BCUT2D eigenvalue weighted by Crippen LogP contribution is -2.49. The van der Waals surface area contributed by atoms with Gasteiger partial charge in [0.1, 0.15) is 23.9 Å². The Morgan fingerprint density at radius 3 is 2.23 bits per heavy atom. The van der Waals surface area contributed by atoms with Crippen LogP contribution in [0.1, 0.15) is 48.1 Å². The van der Waals surface area contributed by atoms with E-state index >= 15 is 0 Å². The summed E-state index contributed by atoms with van der Waals surface area (Å²) in [6.07, 6.45) is 4.86. The van der Waals surface area contributed by atoms with Crippen LogP contribution in [0.5, 0.6) is 11.5 Å². The van der Waals surface area contributed by atoms with Crippen molar-refractivity contribution in [2.24, 2.45) is 0 Å². The average molecular weight is 554 g/mol. The van der Waals surface area contributed by atoms with Gasteiger partial charge in [-0.1, -0.05) is 31.4 Å². The number of amides is 3. The van der Waals surface area contributed by atoms with Crippen LogP contribution in [0, 0.1) is 12.7 Å². The number of hydrogen-bond donors (Lipinski definition) is 1. The van der Waals surface area contributed by atoms with Crippen LogP contribution in [-0.4, -0.2) is 48.5 Å². The molecule has 0 aliphatic heterocycles. The van der Waals surface area contributed by atoms with Gasteiger partial charge in [0.25, 0.3) is 0 Å². The van der Waals surface area contributed by atoms with Gasteiger partial charge in [0, 0.05) is 41.4 Å². The Labute approximate surface area is 233 Å². The summed E-state index contributed by atoms with van der Waals surface area (Å²) in [6.45, 7) is 2.72. The van der Waals surface area contributed by atoms with E-state index in [1.165, 1.54) is 12.1 Å². The monoisotopic (exact) mass is 553 g/mol. The molecule has 0 radical (unpaired) electrons. The molecule has 2 aromatic carbocycles. The predicted octanol–water partition coefficient (Wildman–Crippen LogP) is 6.61. The highest BCUT2D eigenvalue weighted by atomic mass is 32.1. The molecule has 1 aromatic heterocycles. The van der Waals surface area contributed by atoms with Gasteiger partial charge in [-0.05, 0) is 54.5 Å². The first kappa shape index (κ1) is 28.4. The average Bonchev–Trinajstić information content (AvgIpc) is 3.36. The molecule has 208 valence electrons. The normalized spacial score (nSPS) is 13.5. The van der Waals surface area contributed by atoms with Gasteiger partial charge in [-0.2, -0.15) is 0 Å². The lowest BCUT2D eigenvalue weighted by molar-refractivity contribution is -0.133. The van der Waals surface area contributed by atoms with Crippen molar-refractivity contribution in [1.82, 2.24) is 9.80 Å². The molecule has 3 amide bonds. The van der Waals surface area contributed by atoms with Gasteiger partial charge in [0.05, 0.1) is 20.8 Å². The summed E-state index contributed by atoms with van der Waals surface area (Å²) in [6, 6.07) is 13.0. The molecule has 9 heteroatoms. The molecule has 1 aliphatic rings. The summed E-state index contributed by atoms with van der Waals surface area (Å²) in [5.74, 6) is 0.639. The number of benzene rings is 2. The number of ether oxygens (including phenoxy) is 2. The third kappa shape index (κ3) is 7.72. The zero-order valence-corrected chi connectivity index (χ0v) is 23.6. The number of urea groups is 1. The van der Waals surface area contributed by atoms with Gasteiger partial charge in [0.15, 0.2) is 0 Å². The van der Waals surface area contributed by atoms with Gasteiger partial charge in [-0.3, -0.25) is 4.79 Å².